The highest BCUT2D eigenvalue weighted by atomic mass is 16.7. The van der Waals surface area contributed by atoms with Crippen molar-refractivity contribution < 1.29 is 28.5 Å². The Kier molecular flexibility index (Phi) is 5.02. The third kappa shape index (κ3) is 3.36. The van der Waals surface area contributed by atoms with E-state index in [0.29, 0.717) is 52.8 Å². The molecule has 35 heavy (non-hydrogen) atoms. The molecule has 0 spiro atoms. The van der Waals surface area contributed by atoms with Gasteiger partial charge in [0, 0.05) is 23.9 Å². The second-order valence-electron chi connectivity index (χ2n) is 8.72. The Morgan fingerprint density at radius 2 is 1.74 bits per heavy atom. The molecular formula is C27H24N2O6. The second kappa shape index (κ2) is 8.23. The van der Waals surface area contributed by atoms with Gasteiger partial charge >= 0.3 is 0 Å². The standard InChI is InChI=1S/C27H24N2O6/c1-32-21-11-15-9-10-29-25(19(15)13-22(21)33-2)24(17-5-3-4-6-18(17)27(29)31)26(30)28-16-7-8-20-23(12-16)35-14-34-20/h3-8,11-13,24-25H,9-10,14H2,1-2H3,(H,28,30)/t24-,25+/m1/s1. The quantitative estimate of drug-likeness (QED) is 0.620. The van der Waals surface area contributed by atoms with Crippen LogP contribution in [0.3, 0.4) is 0 Å². The van der Waals surface area contributed by atoms with Crippen LogP contribution in [-0.2, 0) is 11.2 Å². The molecule has 3 aromatic rings. The van der Waals surface area contributed by atoms with E-state index in [1.54, 1.807) is 43.4 Å². The molecule has 2 amide bonds. The molecule has 0 fully saturated rings. The highest BCUT2D eigenvalue weighted by Crippen LogP contribution is 2.48. The maximum Gasteiger partial charge on any atom is 0.254 e. The van der Waals surface area contributed by atoms with Crippen molar-refractivity contribution in [2.45, 2.75) is 18.4 Å². The number of rotatable bonds is 4. The fourth-order valence-electron chi connectivity index (χ4n) is 5.33. The number of anilines is 1. The van der Waals surface area contributed by atoms with Gasteiger partial charge in [-0.05, 0) is 53.4 Å². The predicted octanol–water partition coefficient (Wildman–Crippen LogP) is 3.91. The first-order valence-electron chi connectivity index (χ1n) is 11.4. The van der Waals surface area contributed by atoms with Crippen molar-refractivity contribution >= 4 is 17.5 Å². The maximum atomic E-state index is 13.9. The van der Waals surface area contributed by atoms with E-state index in [-0.39, 0.29) is 18.6 Å². The molecule has 8 heteroatoms. The number of ether oxygens (including phenoxy) is 4. The fourth-order valence-corrected chi connectivity index (χ4v) is 5.33. The van der Waals surface area contributed by atoms with Crippen molar-refractivity contribution in [1.82, 2.24) is 4.90 Å². The van der Waals surface area contributed by atoms with Gasteiger partial charge in [-0.1, -0.05) is 18.2 Å². The van der Waals surface area contributed by atoms with Gasteiger partial charge in [0.1, 0.15) is 0 Å². The van der Waals surface area contributed by atoms with Crippen LogP contribution in [0.15, 0.2) is 54.6 Å². The lowest BCUT2D eigenvalue weighted by Crippen LogP contribution is -2.49. The topological polar surface area (TPSA) is 86.3 Å². The number of nitrogens with zero attached hydrogens (tertiary/aromatic N) is 1. The van der Waals surface area contributed by atoms with Crippen LogP contribution in [0.4, 0.5) is 5.69 Å². The monoisotopic (exact) mass is 472 g/mol. The minimum absolute atomic E-state index is 0.0711. The molecular weight excluding hydrogens is 448 g/mol. The summed E-state index contributed by atoms with van der Waals surface area (Å²) < 4.78 is 21.9. The Labute approximate surface area is 202 Å². The molecule has 3 aliphatic heterocycles. The summed E-state index contributed by atoms with van der Waals surface area (Å²) in [7, 11) is 3.18. The molecule has 178 valence electrons. The molecule has 3 aromatic carbocycles. The van der Waals surface area contributed by atoms with Gasteiger partial charge in [-0.2, -0.15) is 0 Å². The van der Waals surface area contributed by atoms with Crippen molar-refractivity contribution in [3.63, 3.8) is 0 Å². The predicted molar refractivity (Wildman–Crippen MR) is 127 cm³/mol. The van der Waals surface area contributed by atoms with Crippen LogP contribution in [0.25, 0.3) is 0 Å². The molecule has 0 aliphatic carbocycles. The summed E-state index contributed by atoms with van der Waals surface area (Å²) in [5.74, 6) is 1.53. The second-order valence-corrected chi connectivity index (χ2v) is 8.72. The lowest BCUT2D eigenvalue weighted by atomic mass is 9.75. The van der Waals surface area contributed by atoms with Gasteiger partial charge in [0.15, 0.2) is 23.0 Å². The van der Waals surface area contributed by atoms with Crippen LogP contribution in [0.1, 0.15) is 39.0 Å². The number of methoxy groups -OCH3 is 2. The molecule has 1 N–H and O–H groups in total. The lowest BCUT2D eigenvalue weighted by Gasteiger charge is -2.45. The molecule has 0 aromatic heterocycles. The maximum absolute atomic E-state index is 13.9. The van der Waals surface area contributed by atoms with E-state index in [4.69, 9.17) is 18.9 Å². The van der Waals surface area contributed by atoms with Gasteiger partial charge in [0.25, 0.3) is 5.91 Å². The summed E-state index contributed by atoms with van der Waals surface area (Å²) in [6, 6.07) is 16.0. The Morgan fingerprint density at radius 3 is 2.57 bits per heavy atom. The van der Waals surface area contributed by atoms with E-state index in [0.717, 1.165) is 11.1 Å². The van der Waals surface area contributed by atoms with Gasteiger partial charge < -0.3 is 29.2 Å². The summed E-state index contributed by atoms with van der Waals surface area (Å²) in [4.78, 5) is 29.2. The van der Waals surface area contributed by atoms with Gasteiger partial charge in [0.05, 0.1) is 26.2 Å². The third-order valence-corrected chi connectivity index (χ3v) is 6.95. The molecule has 3 heterocycles. The van der Waals surface area contributed by atoms with Crippen LogP contribution in [-0.4, -0.2) is 44.3 Å². The molecule has 0 bridgehead atoms. The van der Waals surface area contributed by atoms with Crippen molar-refractivity contribution in [3.05, 3.63) is 76.9 Å². The molecule has 8 nitrogen and oxygen atoms in total. The minimum Gasteiger partial charge on any atom is -0.493 e. The first kappa shape index (κ1) is 21.3. The summed E-state index contributed by atoms with van der Waals surface area (Å²) in [6.07, 6.45) is 0.663. The number of benzene rings is 3. The number of nitrogens with one attached hydrogen (secondary N) is 1. The third-order valence-electron chi connectivity index (χ3n) is 6.95. The number of carbonyl (C=O) groups is 2. The minimum atomic E-state index is -0.619. The number of fused-ring (bicyclic) bond motifs is 5. The summed E-state index contributed by atoms with van der Waals surface area (Å²) in [6.45, 7) is 0.665. The van der Waals surface area contributed by atoms with Crippen LogP contribution in [0.5, 0.6) is 23.0 Å². The van der Waals surface area contributed by atoms with Gasteiger partial charge in [-0.15, -0.1) is 0 Å². The van der Waals surface area contributed by atoms with E-state index >= 15 is 0 Å². The molecule has 2 atom stereocenters. The Bertz CT molecular complexity index is 1350. The van der Waals surface area contributed by atoms with E-state index < -0.39 is 12.0 Å². The summed E-state index contributed by atoms with van der Waals surface area (Å²) in [5, 5.41) is 3.04. The molecule has 0 radical (unpaired) electrons. The molecule has 0 saturated heterocycles. The highest BCUT2D eigenvalue weighted by molar-refractivity contribution is 6.04. The van der Waals surface area contributed by atoms with Gasteiger partial charge in [-0.3, -0.25) is 9.59 Å². The van der Waals surface area contributed by atoms with Crippen LogP contribution in [0.2, 0.25) is 0 Å². The Morgan fingerprint density at radius 1 is 0.971 bits per heavy atom. The van der Waals surface area contributed by atoms with Crippen molar-refractivity contribution in [1.29, 1.82) is 0 Å². The zero-order valence-corrected chi connectivity index (χ0v) is 19.4. The van der Waals surface area contributed by atoms with Crippen LogP contribution in [0, 0.1) is 0 Å². The van der Waals surface area contributed by atoms with E-state index in [9.17, 15) is 9.59 Å². The largest absolute Gasteiger partial charge is 0.493 e. The average molecular weight is 472 g/mol. The van der Waals surface area contributed by atoms with Crippen LogP contribution >= 0.6 is 0 Å². The molecule has 6 rings (SSSR count). The SMILES string of the molecule is COc1cc2c(cc1OC)[C@H]1[C@H](C(=O)Nc3ccc4c(c3)OCO4)c3ccccc3C(=O)N1CC2. The number of hydrogen-bond acceptors (Lipinski definition) is 6. The van der Waals surface area contributed by atoms with E-state index in [2.05, 4.69) is 5.32 Å². The number of amides is 2. The molecule has 3 aliphatic rings. The average Bonchev–Trinajstić information content (AvgIpc) is 3.36. The fraction of sp³-hybridized carbons (Fsp3) is 0.259. The van der Waals surface area contributed by atoms with E-state index in [1.165, 1.54) is 0 Å². The zero-order chi connectivity index (χ0) is 24.1. The van der Waals surface area contributed by atoms with Gasteiger partial charge in [0.2, 0.25) is 12.7 Å². The first-order chi connectivity index (χ1) is 17.1. The zero-order valence-electron chi connectivity index (χ0n) is 19.4. The van der Waals surface area contributed by atoms with Crippen molar-refractivity contribution in [2.75, 3.05) is 32.9 Å². The van der Waals surface area contributed by atoms with Crippen LogP contribution < -0.4 is 24.3 Å². The summed E-state index contributed by atoms with van der Waals surface area (Å²) in [5.41, 5.74) is 3.79. The summed E-state index contributed by atoms with van der Waals surface area (Å²) >= 11 is 0. The Balaban J connectivity index is 1.46. The lowest BCUT2D eigenvalue weighted by molar-refractivity contribution is -0.119. The van der Waals surface area contributed by atoms with Crippen molar-refractivity contribution in [2.24, 2.45) is 0 Å². The smallest absolute Gasteiger partial charge is 0.254 e. The first-order valence-corrected chi connectivity index (χ1v) is 11.4. The van der Waals surface area contributed by atoms with Crippen molar-refractivity contribution in [3.8, 4) is 23.0 Å². The number of hydrogen-bond donors (Lipinski definition) is 1. The van der Waals surface area contributed by atoms with Gasteiger partial charge in [-0.25, -0.2) is 0 Å². The normalized spacial score (nSPS) is 19.4. The molecule has 0 saturated carbocycles. The number of carbonyl (C=O) groups excluding carboxylic acids is 2. The Hall–Kier alpha value is -4.20. The van der Waals surface area contributed by atoms with E-state index in [1.807, 2.05) is 30.3 Å². The molecule has 0 unspecified atom stereocenters. The highest BCUT2D eigenvalue weighted by Gasteiger charge is 2.46.